The van der Waals surface area contributed by atoms with Gasteiger partial charge in [-0.05, 0) is 24.6 Å². The fourth-order valence-corrected chi connectivity index (χ4v) is 2.46. The van der Waals surface area contributed by atoms with Crippen LogP contribution in [0, 0.1) is 15.9 Å². The number of halogens is 2. The van der Waals surface area contributed by atoms with Crippen molar-refractivity contribution in [2.75, 3.05) is 23.8 Å². The van der Waals surface area contributed by atoms with E-state index in [1.165, 1.54) is 18.5 Å². The second kappa shape index (κ2) is 8.00. The molecule has 0 saturated heterocycles. The van der Waals surface area contributed by atoms with Gasteiger partial charge < -0.3 is 10.2 Å². The van der Waals surface area contributed by atoms with Crippen LogP contribution in [0.15, 0.2) is 29.0 Å². The van der Waals surface area contributed by atoms with Crippen LogP contribution in [0.2, 0.25) is 0 Å². The molecule has 0 radical (unpaired) electrons. The third-order valence-corrected chi connectivity index (χ3v) is 3.87. The Hall–Kier alpha value is -2.29. The molecule has 2 rings (SSSR count). The first-order valence-corrected chi connectivity index (χ1v) is 8.16. The van der Waals surface area contributed by atoms with Crippen molar-refractivity contribution in [2.24, 2.45) is 0 Å². The highest BCUT2D eigenvalue weighted by atomic mass is 79.9. The molecule has 0 aliphatic heterocycles. The van der Waals surface area contributed by atoms with Gasteiger partial charge in [0.2, 0.25) is 11.6 Å². The van der Waals surface area contributed by atoms with Crippen molar-refractivity contribution in [3.05, 3.63) is 44.9 Å². The highest BCUT2D eigenvalue weighted by Gasteiger charge is 2.26. The third-order valence-electron chi connectivity index (χ3n) is 3.38. The number of nitro groups is 1. The van der Waals surface area contributed by atoms with E-state index in [0.29, 0.717) is 11.0 Å². The number of benzene rings is 1. The number of nitrogens with one attached hydrogen (secondary N) is 1. The molecule has 1 N–H and O–H groups in total. The zero-order chi connectivity index (χ0) is 17.7. The molecule has 0 saturated carbocycles. The highest BCUT2D eigenvalue weighted by molar-refractivity contribution is 9.10. The molecule has 7 nitrogen and oxygen atoms in total. The number of hydrogen-bond acceptors (Lipinski definition) is 6. The molecular weight excluding hydrogens is 381 g/mol. The van der Waals surface area contributed by atoms with Gasteiger partial charge in [-0.2, -0.15) is 0 Å². The van der Waals surface area contributed by atoms with E-state index in [1.54, 1.807) is 18.0 Å². The Kier molecular flexibility index (Phi) is 6.02. The third kappa shape index (κ3) is 4.16. The van der Waals surface area contributed by atoms with Crippen molar-refractivity contribution < 1.29 is 9.31 Å². The molecule has 9 heteroatoms. The van der Waals surface area contributed by atoms with E-state index in [4.69, 9.17) is 0 Å². The van der Waals surface area contributed by atoms with Gasteiger partial charge in [0.05, 0.1) is 10.6 Å². The molecule has 0 unspecified atom stereocenters. The molecule has 0 atom stereocenters. The normalized spacial score (nSPS) is 10.5. The highest BCUT2D eigenvalue weighted by Crippen LogP contribution is 2.34. The van der Waals surface area contributed by atoms with E-state index >= 15 is 0 Å². The summed E-state index contributed by atoms with van der Waals surface area (Å²) < 4.78 is 14.6. The molecule has 1 aromatic carbocycles. The Balaban J connectivity index is 2.41. The Morgan fingerprint density at radius 1 is 1.42 bits per heavy atom. The van der Waals surface area contributed by atoms with Crippen LogP contribution in [0.3, 0.4) is 0 Å². The number of unbranched alkanes of at least 4 members (excludes halogenated alkanes) is 1. The number of hydrogen-bond donors (Lipinski definition) is 1. The molecule has 128 valence electrons. The molecule has 0 fully saturated rings. The summed E-state index contributed by atoms with van der Waals surface area (Å²) in [5.41, 5.74) is -0.180. The van der Waals surface area contributed by atoms with Crippen LogP contribution in [-0.4, -0.2) is 28.5 Å². The van der Waals surface area contributed by atoms with Crippen molar-refractivity contribution in [1.29, 1.82) is 0 Å². The molecular formula is C15H17BrFN5O2. The lowest BCUT2D eigenvalue weighted by Gasteiger charge is -2.18. The average molecular weight is 398 g/mol. The SMILES string of the molecule is CCCCN(C)c1ncnc(Nc2ccc(Br)cc2F)c1[N+](=O)[O-]. The lowest BCUT2D eigenvalue weighted by Crippen LogP contribution is -2.21. The number of aromatic nitrogens is 2. The fraction of sp³-hybridized carbons (Fsp3) is 0.333. The van der Waals surface area contributed by atoms with E-state index in [-0.39, 0.29) is 23.0 Å². The minimum absolute atomic E-state index is 0.0467. The van der Waals surface area contributed by atoms with Crippen molar-refractivity contribution in [3.63, 3.8) is 0 Å². The lowest BCUT2D eigenvalue weighted by atomic mass is 10.3. The molecule has 24 heavy (non-hydrogen) atoms. The van der Waals surface area contributed by atoms with Crippen LogP contribution < -0.4 is 10.2 Å². The van der Waals surface area contributed by atoms with Crippen LogP contribution in [0.5, 0.6) is 0 Å². The van der Waals surface area contributed by atoms with Crippen LogP contribution in [-0.2, 0) is 0 Å². The number of nitrogens with zero attached hydrogens (tertiary/aromatic N) is 4. The quantitative estimate of drug-likeness (QED) is 0.554. The van der Waals surface area contributed by atoms with Gasteiger partial charge in [0.1, 0.15) is 12.1 Å². The largest absolute Gasteiger partial charge is 0.354 e. The van der Waals surface area contributed by atoms with Gasteiger partial charge in [0.15, 0.2) is 0 Å². The maximum atomic E-state index is 14.0. The minimum atomic E-state index is -0.559. The lowest BCUT2D eigenvalue weighted by molar-refractivity contribution is -0.383. The van der Waals surface area contributed by atoms with Gasteiger partial charge in [0, 0.05) is 18.1 Å². The Morgan fingerprint density at radius 2 is 2.17 bits per heavy atom. The molecule has 0 aliphatic rings. The van der Waals surface area contributed by atoms with Crippen LogP contribution in [0.1, 0.15) is 19.8 Å². The molecule has 2 aromatic rings. The zero-order valence-electron chi connectivity index (χ0n) is 13.3. The van der Waals surface area contributed by atoms with Crippen molar-refractivity contribution in [3.8, 4) is 0 Å². The summed E-state index contributed by atoms with van der Waals surface area (Å²) in [4.78, 5) is 20.6. The van der Waals surface area contributed by atoms with Gasteiger partial charge in [-0.25, -0.2) is 14.4 Å². The predicted octanol–water partition coefficient (Wildman–Crippen LogP) is 4.27. The van der Waals surface area contributed by atoms with Crippen LogP contribution in [0.25, 0.3) is 0 Å². The molecule has 0 spiro atoms. The predicted molar refractivity (Wildman–Crippen MR) is 94.2 cm³/mol. The number of anilines is 3. The van der Waals surface area contributed by atoms with Gasteiger partial charge in [-0.15, -0.1) is 0 Å². The maximum absolute atomic E-state index is 14.0. The van der Waals surface area contributed by atoms with Crippen molar-refractivity contribution in [1.82, 2.24) is 9.97 Å². The summed E-state index contributed by atoms with van der Waals surface area (Å²) in [6.07, 6.45) is 3.06. The van der Waals surface area contributed by atoms with E-state index in [2.05, 4.69) is 31.2 Å². The summed E-state index contributed by atoms with van der Waals surface area (Å²) in [7, 11) is 1.73. The van der Waals surface area contributed by atoms with Gasteiger partial charge in [-0.1, -0.05) is 29.3 Å². The summed E-state index contributed by atoms with van der Waals surface area (Å²) in [6.45, 7) is 2.66. The van der Waals surface area contributed by atoms with Gasteiger partial charge >= 0.3 is 5.69 Å². The molecule has 1 aromatic heterocycles. The first-order valence-electron chi connectivity index (χ1n) is 7.36. The Morgan fingerprint density at radius 3 is 2.79 bits per heavy atom. The molecule has 0 aliphatic carbocycles. The second-order valence-electron chi connectivity index (χ2n) is 5.18. The van der Waals surface area contributed by atoms with Crippen LogP contribution in [0.4, 0.5) is 27.4 Å². The van der Waals surface area contributed by atoms with E-state index < -0.39 is 10.7 Å². The first kappa shape index (κ1) is 18.1. The van der Waals surface area contributed by atoms with E-state index in [9.17, 15) is 14.5 Å². The van der Waals surface area contributed by atoms with Gasteiger partial charge in [-0.3, -0.25) is 10.1 Å². The van der Waals surface area contributed by atoms with E-state index in [0.717, 1.165) is 12.8 Å². The summed E-state index contributed by atoms with van der Waals surface area (Å²) in [5, 5.41) is 14.2. The molecule has 0 bridgehead atoms. The zero-order valence-corrected chi connectivity index (χ0v) is 14.9. The minimum Gasteiger partial charge on any atom is -0.354 e. The van der Waals surface area contributed by atoms with Gasteiger partial charge in [0.25, 0.3) is 0 Å². The second-order valence-corrected chi connectivity index (χ2v) is 6.09. The standard InChI is InChI=1S/C15H17BrFN5O2/c1-3-4-7-21(2)15-13(22(23)24)14(18-9-19-15)20-12-6-5-10(16)8-11(12)17/h5-6,8-9H,3-4,7H2,1-2H3,(H,18,19,20). The van der Waals surface area contributed by atoms with Crippen LogP contribution >= 0.6 is 15.9 Å². The first-order chi connectivity index (χ1) is 11.4. The smallest absolute Gasteiger partial charge is 0.353 e. The monoisotopic (exact) mass is 397 g/mol. The van der Waals surface area contributed by atoms with E-state index in [1.807, 2.05) is 6.92 Å². The van der Waals surface area contributed by atoms with Crippen molar-refractivity contribution in [2.45, 2.75) is 19.8 Å². The maximum Gasteiger partial charge on any atom is 0.353 e. The average Bonchev–Trinajstić information content (AvgIpc) is 2.54. The topological polar surface area (TPSA) is 84.2 Å². The Labute approximate surface area is 147 Å². The molecule has 0 amide bonds. The Bertz CT molecular complexity index is 744. The fourth-order valence-electron chi connectivity index (χ4n) is 2.13. The summed E-state index contributed by atoms with van der Waals surface area (Å²) in [5.74, 6) is -0.392. The summed E-state index contributed by atoms with van der Waals surface area (Å²) in [6, 6.07) is 4.38. The summed E-state index contributed by atoms with van der Waals surface area (Å²) >= 11 is 3.17. The number of rotatable bonds is 7. The van der Waals surface area contributed by atoms with Crippen molar-refractivity contribution >= 4 is 38.9 Å². The molecule has 1 heterocycles.